The fourth-order valence-corrected chi connectivity index (χ4v) is 0.596. The van der Waals surface area contributed by atoms with Crippen LogP contribution in [0.1, 0.15) is 19.3 Å². The highest BCUT2D eigenvalue weighted by molar-refractivity contribution is 5.66. The van der Waals surface area contributed by atoms with Crippen molar-refractivity contribution in [2.45, 2.75) is 31.4 Å². The Balaban J connectivity index is 3.97. The Morgan fingerprint density at radius 2 is 1.54 bits per heavy atom. The van der Waals surface area contributed by atoms with E-state index in [1.54, 1.807) is 0 Å². The number of alkyl halides is 5. The van der Waals surface area contributed by atoms with E-state index in [2.05, 4.69) is 0 Å². The van der Waals surface area contributed by atoms with Gasteiger partial charge in [0.1, 0.15) is 0 Å². The van der Waals surface area contributed by atoms with Crippen LogP contribution in [0.5, 0.6) is 0 Å². The van der Waals surface area contributed by atoms with Gasteiger partial charge in [0.25, 0.3) is 0 Å². The van der Waals surface area contributed by atoms with Gasteiger partial charge in [-0.3, -0.25) is 0 Å². The molecule has 0 heterocycles. The fourth-order valence-electron chi connectivity index (χ4n) is 0.596. The molecule has 0 unspecified atom stereocenters. The molecule has 2 nitrogen and oxygen atoms in total. The molecule has 0 aromatic rings. The fraction of sp³-hybridized carbons (Fsp3) is 0.833. The first-order valence-electron chi connectivity index (χ1n) is 3.31. The van der Waals surface area contributed by atoms with E-state index in [-0.39, 0.29) is 0 Å². The third-order valence-corrected chi connectivity index (χ3v) is 1.29. The lowest BCUT2D eigenvalue weighted by molar-refractivity contribution is -0.284. The predicted octanol–water partition coefficient (Wildman–Crippen LogP) is 2.31. The van der Waals surface area contributed by atoms with Crippen LogP contribution in [-0.2, 0) is 9.90 Å². The van der Waals surface area contributed by atoms with Gasteiger partial charge < -0.3 is 0 Å². The van der Waals surface area contributed by atoms with Crippen molar-refractivity contribution >= 4 is 5.97 Å². The highest BCUT2D eigenvalue weighted by atomic mass is 19.4. The van der Waals surface area contributed by atoms with E-state index < -0.39 is 37.3 Å². The van der Waals surface area contributed by atoms with Crippen molar-refractivity contribution in [3.63, 3.8) is 0 Å². The Morgan fingerprint density at radius 1 is 1.08 bits per heavy atom. The molecule has 0 saturated heterocycles. The number of hydrogen-bond acceptors (Lipinski definition) is 1. The number of halogens is 5. The first kappa shape index (κ1) is 12.1. The Bertz CT molecular complexity index is 186. The van der Waals surface area contributed by atoms with Crippen LogP contribution in [0.15, 0.2) is 0 Å². The Hall–Kier alpha value is -0.880. The molecule has 1 radical (unpaired) electrons. The first-order chi connectivity index (χ1) is 5.67. The summed E-state index contributed by atoms with van der Waals surface area (Å²) in [6.45, 7) is 0. The molecule has 0 amide bonds. The van der Waals surface area contributed by atoms with Crippen LogP contribution in [0.3, 0.4) is 0 Å². The van der Waals surface area contributed by atoms with Crippen molar-refractivity contribution in [1.29, 1.82) is 0 Å². The minimum absolute atomic E-state index is 0.755. The van der Waals surface area contributed by atoms with Crippen molar-refractivity contribution in [3.05, 3.63) is 0 Å². The molecule has 0 spiro atoms. The van der Waals surface area contributed by atoms with Crippen LogP contribution < -0.4 is 0 Å². The number of carbonyl (C=O) groups is 1. The average Bonchev–Trinajstić information content (AvgIpc) is 1.82. The van der Waals surface area contributed by atoms with E-state index in [0.29, 0.717) is 0 Å². The van der Waals surface area contributed by atoms with Gasteiger partial charge in [-0.15, -0.1) is 0 Å². The summed E-state index contributed by atoms with van der Waals surface area (Å²) in [7, 11) is 0. The van der Waals surface area contributed by atoms with Crippen molar-refractivity contribution < 1.29 is 31.9 Å². The van der Waals surface area contributed by atoms with Crippen molar-refractivity contribution in [1.82, 2.24) is 0 Å². The van der Waals surface area contributed by atoms with Gasteiger partial charge in [-0.05, 0) is 6.42 Å². The summed E-state index contributed by atoms with van der Waals surface area (Å²) in [6, 6.07) is 0. The lowest BCUT2D eigenvalue weighted by Crippen LogP contribution is -2.36. The summed E-state index contributed by atoms with van der Waals surface area (Å²) in [5.41, 5.74) is 0. The monoisotopic (exact) mass is 205 g/mol. The number of hydrogen-bond donors (Lipinski definition) is 0. The lowest BCUT2D eigenvalue weighted by atomic mass is 10.1. The van der Waals surface area contributed by atoms with Gasteiger partial charge in [0, 0.05) is 6.42 Å². The maximum absolute atomic E-state index is 12.0. The van der Waals surface area contributed by atoms with Crippen molar-refractivity contribution in [2.75, 3.05) is 0 Å². The van der Waals surface area contributed by atoms with Crippen molar-refractivity contribution in [3.8, 4) is 0 Å². The topological polar surface area (TPSA) is 37.0 Å². The zero-order valence-electron chi connectivity index (χ0n) is 6.33. The summed E-state index contributed by atoms with van der Waals surface area (Å²) in [5, 5.41) is 9.70. The SMILES string of the molecule is [O]C(=O)CCCC(F)(F)C(F)(F)F. The quantitative estimate of drug-likeness (QED) is 0.648. The second kappa shape index (κ2) is 3.89. The van der Waals surface area contributed by atoms with Gasteiger partial charge in [-0.1, -0.05) is 0 Å². The van der Waals surface area contributed by atoms with Gasteiger partial charge in [0.05, 0.1) is 6.42 Å². The third-order valence-electron chi connectivity index (χ3n) is 1.29. The zero-order chi connectivity index (χ0) is 10.7. The van der Waals surface area contributed by atoms with Gasteiger partial charge >= 0.3 is 18.1 Å². The molecule has 0 N–H and O–H groups in total. The van der Waals surface area contributed by atoms with Crippen molar-refractivity contribution in [2.24, 2.45) is 0 Å². The summed E-state index contributed by atoms with van der Waals surface area (Å²) in [4.78, 5) is 9.70. The predicted molar refractivity (Wildman–Crippen MR) is 30.5 cm³/mol. The lowest BCUT2D eigenvalue weighted by Gasteiger charge is -2.18. The molecule has 13 heavy (non-hydrogen) atoms. The molecule has 7 heteroatoms. The summed E-state index contributed by atoms with van der Waals surface area (Å²) >= 11 is 0. The molecule has 77 valence electrons. The van der Waals surface area contributed by atoms with E-state index in [9.17, 15) is 31.9 Å². The molecule has 0 bridgehead atoms. The van der Waals surface area contributed by atoms with Gasteiger partial charge in [0.2, 0.25) is 0 Å². The maximum Gasteiger partial charge on any atom is 0.453 e. The number of carbonyl (C=O) groups excluding carboxylic acids is 1. The van der Waals surface area contributed by atoms with E-state index >= 15 is 0 Å². The van der Waals surface area contributed by atoms with Crippen LogP contribution in [0.4, 0.5) is 22.0 Å². The minimum atomic E-state index is -5.61. The Labute approximate surface area is 70.3 Å². The second-order valence-electron chi connectivity index (χ2n) is 2.43. The molecular weight excluding hydrogens is 199 g/mol. The van der Waals surface area contributed by atoms with Crippen LogP contribution in [0, 0.1) is 0 Å². The second-order valence-corrected chi connectivity index (χ2v) is 2.43. The van der Waals surface area contributed by atoms with Crippen LogP contribution in [0.2, 0.25) is 0 Å². The molecule has 0 aliphatic carbocycles. The van der Waals surface area contributed by atoms with E-state index in [1.807, 2.05) is 0 Å². The van der Waals surface area contributed by atoms with E-state index in [4.69, 9.17) is 0 Å². The van der Waals surface area contributed by atoms with Gasteiger partial charge in [-0.2, -0.15) is 22.0 Å². The molecule has 0 aliphatic rings. The zero-order valence-corrected chi connectivity index (χ0v) is 6.33. The highest BCUT2D eigenvalue weighted by Gasteiger charge is 2.56. The third kappa shape index (κ3) is 4.05. The number of rotatable bonds is 4. The van der Waals surface area contributed by atoms with Gasteiger partial charge in [0.15, 0.2) is 0 Å². The molecule has 0 aliphatic heterocycles. The average molecular weight is 205 g/mol. The maximum atomic E-state index is 12.0. The molecule has 0 rings (SSSR count). The van der Waals surface area contributed by atoms with Crippen LogP contribution in [-0.4, -0.2) is 18.1 Å². The van der Waals surface area contributed by atoms with E-state index in [1.165, 1.54) is 0 Å². The summed E-state index contributed by atoms with van der Waals surface area (Å²) in [6.07, 6.45) is -8.69. The Kier molecular flexibility index (Phi) is 3.62. The first-order valence-corrected chi connectivity index (χ1v) is 3.31. The largest absolute Gasteiger partial charge is 0.453 e. The van der Waals surface area contributed by atoms with Crippen LogP contribution >= 0.6 is 0 Å². The highest BCUT2D eigenvalue weighted by Crippen LogP contribution is 2.38. The minimum Gasteiger partial charge on any atom is -0.247 e. The summed E-state index contributed by atoms with van der Waals surface area (Å²) < 4.78 is 58.4. The molecule has 0 saturated carbocycles. The molecular formula is C6H6F5O2. The van der Waals surface area contributed by atoms with E-state index in [0.717, 1.165) is 0 Å². The molecule has 0 aromatic carbocycles. The smallest absolute Gasteiger partial charge is 0.247 e. The van der Waals surface area contributed by atoms with Gasteiger partial charge in [-0.25, -0.2) is 9.90 Å². The van der Waals surface area contributed by atoms with Crippen LogP contribution in [0.25, 0.3) is 0 Å². The normalized spacial score (nSPS) is 13.0. The summed E-state index contributed by atoms with van der Waals surface area (Å²) in [5.74, 6) is -6.46. The Morgan fingerprint density at radius 3 is 1.85 bits per heavy atom. The molecule has 0 fully saturated rings. The molecule has 0 atom stereocenters. The standard InChI is InChI=1S/C6H6F5O2/c7-5(8,6(9,10)11)3-1-2-4(12)13/h1-3H2. The molecule has 0 aromatic heterocycles.